The van der Waals surface area contributed by atoms with E-state index in [0.29, 0.717) is 43.7 Å². The molecule has 0 aliphatic carbocycles. The van der Waals surface area contributed by atoms with Crippen LogP contribution >= 0.6 is 68.1 Å². The quantitative estimate of drug-likeness (QED) is 0.140. The number of allylic oxidation sites excluding steroid dienone is 1. The molecule has 0 fully saturated rings. The number of ether oxygens (including phenoxy) is 3. The number of hydrogen-bond donors (Lipinski definition) is 0. The summed E-state index contributed by atoms with van der Waals surface area (Å²) in [5.41, 5.74) is 2.95. The zero-order valence-corrected chi connectivity index (χ0v) is 29.4. The second kappa shape index (κ2) is 14.0. The van der Waals surface area contributed by atoms with Crippen molar-refractivity contribution < 1.29 is 19.0 Å². The van der Waals surface area contributed by atoms with Gasteiger partial charge in [0, 0.05) is 19.7 Å². The SMILES string of the molecule is CCOC(=O)C1=C(C)N=c2s/c(=C\c3cc(I)cc(I)c3OCc3ccccc3Cl)c(=O)n2[C@H]1c1ccc(OCC)cc1. The predicted octanol–water partition coefficient (Wildman–Crippen LogP) is 6.64. The van der Waals surface area contributed by atoms with Gasteiger partial charge in [-0.3, -0.25) is 9.36 Å². The minimum atomic E-state index is -0.708. The van der Waals surface area contributed by atoms with E-state index in [1.54, 1.807) is 18.4 Å². The van der Waals surface area contributed by atoms with Gasteiger partial charge >= 0.3 is 5.97 Å². The Morgan fingerprint density at radius 3 is 2.51 bits per heavy atom. The van der Waals surface area contributed by atoms with Crippen LogP contribution < -0.4 is 24.4 Å². The summed E-state index contributed by atoms with van der Waals surface area (Å²) in [6.45, 7) is 6.45. The van der Waals surface area contributed by atoms with Crippen LogP contribution in [0.2, 0.25) is 5.02 Å². The lowest BCUT2D eigenvalue weighted by atomic mass is 9.96. The maximum atomic E-state index is 14.1. The van der Waals surface area contributed by atoms with E-state index in [4.69, 9.17) is 25.8 Å². The lowest BCUT2D eigenvalue weighted by molar-refractivity contribution is -0.139. The van der Waals surface area contributed by atoms with Crippen LogP contribution in [0.15, 0.2) is 81.7 Å². The molecule has 3 aromatic carbocycles. The predicted molar refractivity (Wildman–Crippen MR) is 186 cm³/mol. The molecular formula is C32H27ClI2N2O5S. The average molecular weight is 841 g/mol. The van der Waals surface area contributed by atoms with Gasteiger partial charge in [0.2, 0.25) is 0 Å². The van der Waals surface area contributed by atoms with Crippen molar-refractivity contribution in [1.82, 2.24) is 4.57 Å². The first-order valence-corrected chi connectivity index (χ1v) is 16.8. The van der Waals surface area contributed by atoms with E-state index in [-0.39, 0.29) is 18.8 Å². The Labute approximate surface area is 285 Å². The molecule has 4 aromatic rings. The number of nitrogens with zero attached hydrogens (tertiary/aromatic N) is 2. The third kappa shape index (κ3) is 6.86. The third-order valence-electron chi connectivity index (χ3n) is 6.68. The maximum Gasteiger partial charge on any atom is 0.338 e. The molecule has 1 aromatic heterocycles. The van der Waals surface area contributed by atoms with Crippen molar-refractivity contribution >= 4 is 80.2 Å². The largest absolute Gasteiger partial charge is 0.494 e. The van der Waals surface area contributed by atoms with Gasteiger partial charge in [-0.1, -0.05) is 53.3 Å². The first-order chi connectivity index (χ1) is 20.7. The third-order valence-corrected chi connectivity index (χ3v) is 9.45. The van der Waals surface area contributed by atoms with Gasteiger partial charge in [-0.2, -0.15) is 0 Å². The normalized spacial score (nSPS) is 14.7. The van der Waals surface area contributed by atoms with E-state index in [2.05, 4.69) is 50.2 Å². The van der Waals surface area contributed by atoms with E-state index in [0.717, 1.165) is 23.8 Å². The minimum Gasteiger partial charge on any atom is -0.494 e. The Morgan fingerprint density at radius 1 is 1.07 bits per heavy atom. The maximum absolute atomic E-state index is 14.1. The molecule has 1 aliphatic heterocycles. The number of thiazole rings is 1. The number of hydrogen-bond acceptors (Lipinski definition) is 7. The van der Waals surface area contributed by atoms with Crippen LogP contribution in [0.25, 0.3) is 6.08 Å². The molecule has 2 heterocycles. The molecule has 1 atom stereocenters. The van der Waals surface area contributed by atoms with Crippen LogP contribution in [0.3, 0.4) is 0 Å². The molecule has 0 amide bonds. The monoisotopic (exact) mass is 840 g/mol. The molecule has 0 radical (unpaired) electrons. The molecule has 222 valence electrons. The van der Waals surface area contributed by atoms with Gasteiger partial charge in [0.1, 0.15) is 18.1 Å². The lowest BCUT2D eigenvalue weighted by Crippen LogP contribution is -2.39. The van der Waals surface area contributed by atoms with Gasteiger partial charge in [-0.05, 0) is 108 Å². The molecule has 5 rings (SSSR count). The average Bonchev–Trinajstić information content (AvgIpc) is 3.27. The summed E-state index contributed by atoms with van der Waals surface area (Å²) in [5.74, 6) is 0.854. The molecule has 0 spiro atoms. The Morgan fingerprint density at radius 2 is 1.81 bits per heavy atom. The number of carbonyl (C=O) groups is 1. The van der Waals surface area contributed by atoms with Crippen molar-refractivity contribution in [3.8, 4) is 11.5 Å². The zero-order valence-electron chi connectivity index (χ0n) is 23.5. The summed E-state index contributed by atoms with van der Waals surface area (Å²) < 4.78 is 21.3. The van der Waals surface area contributed by atoms with E-state index >= 15 is 0 Å². The van der Waals surface area contributed by atoms with Crippen molar-refractivity contribution in [3.05, 3.63) is 120 Å². The van der Waals surface area contributed by atoms with E-state index < -0.39 is 12.0 Å². The fourth-order valence-corrected chi connectivity index (χ4v) is 8.04. The number of aromatic nitrogens is 1. The highest BCUT2D eigenvalue weighted by Gasteiger charge is 2.33. The van der Waals surface area contributed by atoms with Gasteiger partial charge < -0.3 is 14.2 Å². The summed E-state index contributed by atoms with van der Waals surface area (Å²) in [6, 6.07) is 18.2. The molecule has 0 N–H and O–H groups in total. The van der Waals surface area contributed by atoms with Gasteiger partial charge in [0.05, 0.1) is 38.6 Å². The number of rotatable bonds is 9. The lowest BCUT2D eigenvalue weighted by Gasteiger charge is -2.24. The standard InChI is InChI=1S/C32H27ClI2N2O5S/c1-4-40-23-12-10-19(11-13-23)28-27(31(39)41-5-2)18(3)36-32-37(28)30(38)26(43-32)15-21-14-22(34)16-25(35)29(21)42-17-20-8-6-7-9-24(20)33/h6-16,28H,4-5,17H2,1-3H3/b26-15-/t28-/m0/s1. The Bertz CT molecular complexity index is 1900. The summed E-state index contributed by atoms with van der Waals surface area (Å²) in [4.78, 5) is 32.5. The van der Waals surface area contributed by atoms with Gasteiger partial charge in [-0.25, -0.2) is 9.79 Å². The minimum absolute atomic E-state index is 0.207. The smallest absolute Gasteiger partial charge is 0.338 e. The van der Waals surface area contributed by atoms with Crippen LogP contribution in [0.5, 0.6) is 11.5 Å². The van der Waals surface area contributed by atoms with Gasteiger partial charge in [-0.15, -0.1) is 0 Å². The Hall–Kier alpha value is -2.68. The molecule has 7 nitrogen and oxygen atoms in total. The highest BCUT2D eigenvalue weighted by molar-refractivity contribution is 14.1. The van der Waals surface area contributed by atoms with Crippen molar-refractivity contribution in [2.24, 2.45) is 4.99 Å². The molecule has 1 aliphatic rings. The van der Waals surface area contributed by atoms with Crippen LogP contribution in [0, 0.1) is 7.14 Å². The summed E-state index contributed by atoms with van der Waals surface area (Å²) >= 11 is 12.1. The van der Waals surface area contributed by atoms with Crippen LogP contribution in [0.1, 0.15) is 43.5 Å². The summed E-state index contributed by atoms with van der Waals surface area (Å²) in [6.07, 6.45) is 1.83. The molecular weight excluding hydrogens is 814 g/mol. The van der Waals surface area contributed by atoms with Crippen LogP contribution in [-0.4, -0.2) is 23.8 Å². The zero-order chi connectivity index (χ0) is 30.7. The number of fused-ring (bicyclic) bond motifs is 1. The Kier molecular flexibility index (Phi) is 10.3. The molecule has 11 heteroatoms. The fraction of sp³-hybridized carbons (Fsp3) is 0.219. The van der Waals surface area contributed by atoms with Crippen molar-refractivity contribution in [2.45, 2.75) is 33.4 Å². The molecule has 0 saturated heterocycles. The molecule has 43 heavy (non-hydrogen) atoms. The summed E-state index contributed by atoms with van der Waals surface area (Å²) in [7, 11) is 0. The molecule has 0 unspecified atom stereocenters. The molecule has 0 saturated carbocycles. The summed E-state index contributed by atoms with van der Waals surface area (Å²) in [5, 5.41) is 0.625. The van der Waals surface area contributed by atoms with Gasteiger partial charge in [0.25, 0.3) is 5.56 Å². The number of carbonyl (C=O) groups excluding carboxylic acids is 1. The van der Waals surface area contributed by atoms with E-state index in [1.165, 1.54) is 11.3 Å². The van der Waals surface area contributed by atoms with Crippen molar-refractivity contribution in [3.63, 3.8) is 0 Å². The van der Waals surface area contributed by atoms with Crippen molar-refractivity contribution in [1.29, 1.82) is 0 Å². The van der Waals surface area contributed by atoms with Crippen LogP contribution in [0.4, 0.5) is 0 Å². The van der Waals surface area contributed by atoms with Gasteiger partial charge in [0.15, 0.2) is 4.80 Å². The Balaban J connectivity index is 1.64. The van der Waals surface area contributed by atoms with E-state index in [1.807, 2.05) is 73.7 Å². The van der Waals surface area contributed by atoms with Crippen LogP contribution in [-0.2, 0) is 16.1 Å². The van der Waals surface area contributed by atoms with E-state index in [9.17, 15) is 9.59 Å². The second-order valence-electron chi connectivity index (χ2n) is 9.49. The molecule has 0 bridgehead atoms. The second-order valence-corrected chi connectivity index (χ2v) is 13.3. The first kappa shape index (κ1) is 31.7. The number of benzene rings is 3. The highest BCUT2D eigenvalue weighted by atomic mass is 127. The number of esters is 1. The fourth-order valence-electron chi connectivity index (χ4n) is 4.77. The van der Waals surface area contributed by atoms with Crippen molar-refractivity contribution in [2.75, 3.05) is 13.2 Å². The number of halogens is 3. The first-order valence-electron chi connectivity index (χ1n) is 13.5. The topological polar surface area (TPSA) is 79.1 Å². The highest BCUT2D eigenvalue weighted by Crippen LogP contribution is 2.33.